The van der Waals surface area contributed by atoms with Gasteiger partial charge in [-0.15, -0.1) is 11.6 Å². The molecule has 0 spiro atoms. The zero-order valence-corrected chi connectivity index (χ0v) is 9.65. The fourth-order valence-electron chi connectivity index (χ4n) is 2.09. The fraction of sp³-hybridized carbons (Fsp3) is 0.900. The van der Waals surface area contributed by atoms with Crippen LogP contribution < -0.4 is 0 Å². The Hall–Kier alpha value is -0.450. The SMILES string of the molecule is O=C(CC(F)(F)F)N(CCCl)C1CCCC1. The third-order valence-electron chi connectivity index (χ3n) is 2.76. The summed E-state index contributed by atoms with van der Waals surface area (Å²) in [5.74, 6) is -0.667. The fourth-order valence-corrected chi connectivity index (χ4v) is 2.27. The summed E-state index contributed by atoms with van der Waals surface area (Å²) in [7, 11) is 0. The van der Waals surface area contributed by atoms with Crippen LogP contribution in [0.1, 0.15) is 32.1 Å². The van der Waals surface area contributed by atoms with Crippen LogP contribution in [0.3, 0.4) is 0 Å². The molecule has 0 aromatic carbocycles. The smallest absolute Gasteiger partial charge is 0.338 e. The van der Waals surface area contributed by atoms with Gasteiger partial charge in [0.15, 0.2) is 0 Å². The van der Waals surface area contributed by atoms with Crippen LogP contribution in [-0.2, 0) is 4.79 Å². The van der Waals surface area contributed by atoms with Crippen molar-refractivity contribution in [1.82, 2.24) is 4.90 Å². The largest absolute Gasteiger partial charge is 0.397 e. The number of hydrogen-bond acceptors (Lipinski definition) is 1. The Bertz CT molecular complexity index is 239. The predicted molar refractivity (Wildman–Crippen MR) is 55.4 cm³/mol. The van der Waals surface area contributed by atoms with Crippen LogP contribution in [0.2, 0.25) is 0 Å². The first-order valence-corrected chi connectivity index (χ1v) is 5.89. The van der Waals surface area contributed by atoms with E-state index in [1.807, 2.05) is 0 Å². The summed E-state index contributed by atoms with van der Waals surface area (Å²) in [6.45, 7) is 0.209. The number of carbonyl (C=O) groups is 1. The van der Waals surface area contributed by atoms with E-state index in [4.69, 9.17) is 11.6 Å². The number of rotatable bonds is 4. The van der Waals surface area contributed by atoms with Crippen LogP contribution in [0, 0.1) is 0 Å². The molecule has 0 atom stereocenters. The van der Waals surface area contributed by atoms with Crippen LogP contribution in [0.25, 0.3) is 0 Å². The normalized spacial score (nSPS) is 17.8. The average Bonchev–Trinajstić information content (AvgIpc) is 2.63. The Kier molecular flexibility index (Phi) is 4.89. The molecular formula is C10H15ClF3NO. The summed E-state index contributed by atoms with van der Waals surface area (Å²) in [4.78, 5) is 12.8. The first-order valence-electron chi connectivity index (χ1n) is 5.36. The molecule has 1 fully saturated rings. The molecule has 0 saturated heterocycles. The standard InChI is InChI=1S/C10H15ClF3NO/c11-5-6-15(8-3-1-2-4-8)9(16)7-10(12,13)14/h8H,1-7H2. The summed E-state index contributed by atoms with van der Waals surface area (Å²) < 4.78 is 36.3. The summed E-state index contributed by atoms with van der Waals surface area (Å²) >= 11 is 5.51. The van der Waals surface area contributed by atoms with Gasteiger partial charge in [-0.1, -0.05) is 12.8 Å². The van der Waals surface area contributed by atoms with E-state index in [0.717, 1.165) is 25.7 Å². The minimum absolute atomic E-state index is 0.0476. The summed E-state index contributed by atoms with van der Waals surface area (Å²) in [6.07, 6.45) is -2.27. The first-order chi connectivity index (χ1) is 7.44. The molecule has 0 aliphatic heterocycles. The molecule has 1 rings (SSSR count). The van der Waals surface area contributed by atoms with Crippen LogP contribution in [0.5, 0.6) is 0 Å². The van der Waals surface area contributed by atoms with Gasteiger partial charge in [-0.2, -0.15) is 13.2 Å². The maximum absolute atomic E-state index is 12.1. The van der Waals surface area contributed by atoms with Crippen molar-refractivity contribution in [2.24, 2.45) is 0 Å². The highest BCUT2D eigenvalue weighted by Crippen LogP contribution is 2.27. The van der Waals surface area contributed by atoms with E-state index in [0.29, 0.717) is 0 Å². The molecule has 1 aliphatic rings. The molecule has 6 heteroatoms. The van der Waals surface area contributed by atoms with Crippen LogP contribution in [-0.4, -0.2) is 35.4 Å². The van der Waals surface area contributed by atoms with Crippen LogP contribution in [0.4, 0.5) is 13.2 Å². The van der Waals surface area contributed by atoms with Gasteiger partial charge in [-0.25, -0.2) is 0 Å². The lowest BCUT2D eigenvalue weighted by atomic mass is 10.2. The first kappa shape index (κ1) is 13.6. The Labute approximate surface area is 97.7 Å². The van der Waals surface area contributed by atoms with Crippen molar-refractivity contribution in [3.8, 4) is 0 Å². The Balaban J connectivity index is 2.57. The van der Waals surface area contributed by atoms with Crippen molar-refractivity contribution in [3.63, 3.8) is 0 Å². The third-order valence-corrected chi connectivity index (χ3v) is 2.93. The Morgan fingerprint density at radius 3 is 2.31 bits per heavy atom. The lowest BCUT2D eigenvalue weighted by Crippen LogP contribution is -2.41. The number of halogens is 4. The molecule has 1 saturated carbocycles. The quantitative estimate of drug-likeness (QED) is 0.709. The van der Waals surface area contributed by atoms with Crippen LogP contribution >= 0.6 is 11.6 Å². The molecule has 0 bridgehead atoms. The lowest BCUT2D eigenvalue weighted by molar-refractivity contribution is -0.162. The number of nitrogens with zero attached hydrogens (tertiary/aromatic N) is 1. The van der Waals surface area contributed by atoms with Gasteiger partial charge in [-0.05, 0) is 12.8 Å². The van der Waals surface area contributed by atoms with Crippen molar-refractivity contribution in [2.45, 2.75) is 44.3 Å². The summed E-state index contributed by atoms with van der Waals surface area (Å²) in [5.41, 5.74) is 0. The molecule has 94 valence electrons. The summed E-state index contributed by atoms with van der Waals surface area (Å²) in [5, 5.41) is 0. The second-order valence-electron chi connectivity index (χ2n) is 4.01. The van der Waals surface area contributed by atoms with Crippen molar-refractivity contribution in [3.05, 3.63) is 0 Å². The Morgan fingerprint density at radius 2 is 1.88 bits per heavy atom. The van der Waals surface area contributed by atoms with Gasteiger partial charge in [0.25, 0.3) is 0 Å². The molecule has 0 radical (unpaired) electrons. The van der Waals surface area contributed by atoms with Gasteiger partial charge < -0.3 is 4.90 Å². The number of amides is 1. The summed E-state index contributed by atoms with van der Waals surface area (Å²) in [6, 6.07) is -0.0476. The van der Waals surface area contributed by atoms with E-state index in [2.05, 4.69) is 0 Å². The van der Waals surface area contributed by atoms with Gasteiger partial charge in [0.1, 0.15) is 6.42 Å². The second kappa shape index (κ2) is 5.75. The number of carbonyl (C=O) groups excluding carboxylic acids is 1. The highest BCUT2D eigenvalue weighted by molar-refractivity contribution is 6.18. The molecule has 1 amide bonds. The molecule has 0 unspecified atom stereocenters. The predicted octanol–water partition coefficient (Wildman–Crippen LogP) is 2.95. The zero-order chi connectivity index (χ0) is 12.2. The topological polar surface area (TPSA) is 20.3 Å². The molecule has 0 heterocycles. The van der Waals surface area contributed by atoms with Crippen molar-refractivity contribution in [1.29, 1.82) is 0 Å². The second-order valence-corrected chi connectivity index (χ2v) is 4.38. The average molecular weight is 258 g/mol. The molecule has 2 nitrogen and oxygen atoms in total. The molecule has 0 N–H and O–H groups in total. The molecule has 1 aliphatic carbocycles. The van der Waals surface area contributed by atoms with Crippen molar-refractivity contribution in [2.75, 3.05) is 12.4 Å². The minimum Gasteiger partial charge on any atom is -0.338 e. The monoisotopic (exact) mass is 257 g/mol. The van der Waals surface area contributed by atoms with E-state index in [-0.39, 0.29) is 18.5 Å². The van der Waals surface area contributed by atoms with Gasteiger partial charge in [0.05, 0.1) is 0 Å². The zero-order valence-electron chi connectivity index (χ0n) is 8.89. The molecule has 0 aromatic rings. The van der Waals surface area contributed by atoms with E-state index in [9.17, 15) is 18.0 Å². The Morgan fingerprint density at radius 1 is 1.31 bits per heavy atom. The highest BCUT2D eigenvalue weighted by Gasteiger charge is 2.35. The highest BCUT2D eigenvalue weighted by atomic mass is 35.5. The molecular weight excluding hydrogens is 243 g/mol. The van der Waals surface area contributed by atoms with Crippen LogP contribution in [0.15, 0.2) is 0 Å². The lowest BCUT2D eigenvalue weighted by Gasteiger charge is -2.28. The van der Waals surface area contributed by atoms with E-state index in [1.165, 1.54) is 4.90 Å². The maximum Gasteiger partial charge on any atom is 0.397 e. The molecule has 0 aromatic heterocycles. The van der Waals surface area contributed by atoms with E-state index in [1.54, 1.807) is 0 Å². The van der Waals surface area contributed by atoms with E-state index < -0.39 is 18.5 Å². The van der Waals surface area contributed by atoms with Crippen molar-refractivity contribution < 1.29 is 18.0 Å². The number of alkyl halides is 4. The third kappa shape index (κ3) is 4.20. The van der Waals surface area contributed by atoms with Gasteiger partial charge in [-0.3, -0.25) is 4.79 Å². The minimum atomic E-state index is -4.43. The van der Waals surface area contributed by atoms with Gasteiger partial charge in [0, 0.05) is 18.5 Å². The van der Waals surface area contributed by atoms with Crippen molar-refractivity contribution >= 4 is 17.5 Å². The molecule has 16 heavy (non-hydrogen) atoms. The van der Waals surface area contributed by atoms with Gasteiger partial charge >= 0.3 is 6.18 Å². The number of hydrogen-bond donors (Lipinski definition) is 0. The van der Waals surface area contributed by atoms with E-state index >= 15 is 0 Å². The maximum atomic E-state index is 12.1. The van der Waals surface area contributed by atoms with Gasteiger partial charge in [0.2, 0.25) is 5.91 Å².